The van der Waals surface area contributed by atoms with E-state index in [1.165, 1.54) is 26.0 Å². The molecule has 0 bridgehead atoms. The van der Waals surface area contributed by atoms with Crippen molar-refractivity contribution in [3.05, 3.63) is 32.4 Å². The van der Waals surface area contributed by atoms with Crippen molar-refractivity contribution in [2.45, 2.75) is 24.3 Å². The summed E-state index contributed by atoms with van der Waals surface area (Å²) in [5.74, 6) is 0.215. The first-order valence-corrected chi connectivity index (χ1v) is 9.44. The summed E-state index contributed by atoms with van der Waals surface area (Å²) in [6.07, 6.45) is -0.226. The third-order valence-electron chi connectivity index (χ3n) is 3.54. The van der Waals surface area contributed by atoms with Gasteiger partial charge in [0, 0.05) is 5.56 Å². The molecule has 0 fully saturated rings. The second kappa shape index (κ2) is 7.88. The highest BCUT2D eigenvalue weighted by Gasteiger charge is 2.24. The van der Waals surface area contributed by atoms with Gasteiger partial charge in [-0.05, 0) is 6.92 Å². The Bertz CT molecular complexity index is 1070. The fourth-order valence-corrected chi connectivity index (χ4v) is 4.19. The van der Waals surface area contributed by atoms with E-state index >= 15 is 0 Å². The van der Waals surface area contributed by atoms with E-state index < -0.39 is 17.5 Å². The van der Waals surface area contributed by atoms with Gasteiger partial charge in [-0.3, -0.25) is 14.7 Å². The van der Waals surface area contributed by atoms with Crippen LogP contribution >= 0.6 is 23.1 Å². The van der Waals surface area contributed by atoms with Gasteiger partial charge in [-0.25, -0.2) is 14.8 Å². The van der Waals surface area contributed by atoms with Crippen LogP contribution in [0.2, 0.25) is 0 Å². The molecule has 0 spiro atoms. The number of methoxy groups -OCH3 is 2. The molecule has 0 unspecified atom stereocenters. The fourth-order valence-electron chi connectivity index (χ4n) is 2.34. The Labute approximate surface area is 160 Å². The van der Waals surface area contributed by atoms with Crippen LogP contribution in [0.3, 0.4) is 0 Å². The molecule has 3 rings (SSSR count). The average Bonchev–Trinajstić information content (AvgIpc) is 3.23. The van der Waals surface area contributed by atoms with Crippen LogP contribution in [0.15, 0.2) is 9.95 Å². The molecule has 0 saturated carbocycles. The topological polar surface area (TPSA) is 140 Å². The summed E-state index contributed by atoms with van der Waals surface area (Å²) in [6.45, 7) is 1.78. The molecule has 3 heterocycles. The molecule has 10 nitrogen and oxygen atoms in total. The van der Waals surface area contributed by atoms with Crippen LogP contribution in [0.25, 0.3) is 10.2 Å². The molecule has 0 amide bonds. The van der Waals surface area contributed by atoms with Crippen LogP contribution < -0.4 is 5.56 Å². The molecule has 12 heteroatoms. The minimum atomic E-state index is -0.636. The predicted molar refractivity (Wildman–Crippen MR) is 98.0 cm³/mol. The predicted octanol–water partition coefficient (Wildman–Crippen LogP) is 1.21. The lowest BCUT2D eigenvalue weighted by Gasteiger charge is -2.02. The number of H-pyrrole nitrogens is 2. The van der Waals surface area contributed by atoms with E-state index in [0.717, 1.165) is 11.3 Å². The first kappa shape index (κ1) is 19.0. The second-order valence-electron chi connectivity index (χ2n) is 5.34. The molecule has 0 radical (unpaired) electrons. The number of hydrogen-bond acceptors (Lipinski definition) is 10. The lowest BCUT2D eigenvalue weighted by Crippen LogP contribution is -2.15. The summed E-state index contributed by atoms with van der Waals surface area (Å²) < 4.78 is 9.41. The molecule has 0 atom stereocenters. The molecule has 0 aliphatic carbocycles. The van der Waals surface area contributed by atoms with Gasteiger partial charge in [-0.15, -0.1) is 16.4 Å². The number of nitrogens with zero attached hydrogens (tertiary/aromatic N) is 3. The number of esters is 2. The minimum absolute atomic E-state index is 0.158. The van der Waals surface area contributed by atoms with Crippen molar-refractivity contribution in [1.29, 1.82) is 0 Å². The Kier molecular flexibility index (Phi) is 5.56. The maximum Gasteiger partial charge on any atom is 0.348 e. The summed E-state index contributed by atoms with van der Waals surface area (Å²) in [6, 6.07) is 0. The maximum absolute atomic E-state index is 12.6. The van der Waals surface area contributed by atoms with E-state index in [0.29, 0.717) is 27.4 Å². The normalized spacial score (nSPS) is 10.9. The van der Waals surface area contributed by atoms with Gasteiger partial charge in [0.1, 0.15) is 21.4 Å². The zero-order chi connectivity index (χ0) is 19.6. The van der Waals surface area contributed by atoms with Crippen molar-refractivity contribution in [3.8, 4) is 0 Å². The van der Waals surface area contributed by atoms with Crippen molar-refractivity contribution in [2.75, 3.05) is 14.2 Å². The molecule has 3 aromatic rings. The molecule has 0 aliphatic heterocycles. The van der Waals surface area contributed by atoms with Gasteiger partial charge in [0.25, 0.3) is 5.56 Å². The van der Waals surface area contributed by atoms with Gasteiger partial charge < -0.3 is 14.5 Å². The highest BCUT2D eigenvalue weighted by molar-refractivity contribution is 7.98. The maximum atomic E-state index is 12.6. The SMILES string of the molecule is COC(=O)Cc1c(C(=O)OC)sc2nc(CSc3n[nH]c(C)n3)[nH]c(=O)c12. The summed E-state index contributed by atoms with van der Waals surface area (Å²) in [4.78, 5) is 48.1. The van der Waals surface area contributed by atoms with Gasteiger partial charge in [-0.2, -0.15) is 0 Å². The fraction of sp³-hybridized carbons (Fsp3) is 0.333. The molecule has 0 aliphatic rings. The lowest BCUT2D eigenvalue weighted by atomic mass is 10.1. The summed E-state index contributed by atoms with van der Waals surface area (Å²) in [7, 11) is 2.46. The molecule has 0 aromatic carbocycles. The van der Waals surface area contributed by atoms with Gasteiger partial charge >= 0.3 is 11.9 Å². The number of nitrogens with one attached hydrogen (secondary N) is 2. The van der Waals surface area contributed by atoms with Crippen molar-refractivity contribution < 1.29 is 19.1 Å². The van der Waals surface area contributed by atoms with E-state index in [-0.39, 0.29) is 22.2 Å². The number of aryl methyl sites for hydroxylation is 1. The highest BCUT2D eigenvalue weighted by atomic mass is 32.2. The largest absolute Gasteiger partial charge is 0.469 e. The Balaban J connectivity index is 2.00. The molecule has 2 N–H and O–H groups in total. The smallest absolute Gasteiger partial charge is 0.348 e. The number of fused-ring (bicyclic) bond motifs is 1. The average molecular weight is 409 g/mol. The van der Waals surface area contributed by atoms with Gasteiger partial charge in [0.2, 0.25) is 5.16 Å². The number of aromatic amines is 2. The number of thioether (sulfide) groups is 1. The summed E-state index contributed by atoms with van der Waals surface area (Å²) in [5, 5.41) is 7.46. The van der Waals surface area contributed by atoms with Crippen LogP contribution in [-0.4, -0.2) is 51.3 Å². The van der Waals surface area contributed by atoms with E-state index in [2.05, 4.69) is 29.9 Å². The zero-order valence-electron chi connectivity index (χ0n) is 14.6. The van der Waals surface area contributed by atoms with Crippen LogP contribution in [0.5, 0.6) is 0 Å². The van der Waals surface area contributed by atoms with Crippen molar-refractivity contribution in [1.82, 2.24) is 25.1 Å². The van der Waals surface area contributed by atoms with Gasteiger partial charge in [-0.1, -0.05) is 11.8 Å². The molecular formula is C15H15N5O5S2. The monoisotopic (exact) mass is 409 g/mol. The van der Waals surface area contributed by atoms with E-state index in [4.69, 9.17) is 4.74 Å². The molecule has 142 valence electrons. The Hall–Kier alpha value is -2.73. The Morgan fingerprint density at radius 2 is 2.00 bits per heavy atom. The first-order valence-electron chi connectivity index (χ1n) is 7.64. The summed E-state index contributed by atoms with van der Waals surface area (Å²) in [5.41, 5.74) is -0.182. The highest BCUT2D eigenvalue weighted by Crippen LogP contribution is 2.29. The number of carbonyl (C=O) groups excluding carboxylic acids is 2. The third-order valence-corrected chi connectivity index (χ3v) is 5.51. The first-order chi connectivity index (χ1) is 12.9. The number of thiophene rings is 1. The van der Waals surface area contributed by atoms with Crippen molar-refractivity contribution in [3.63, 3.8) is 0 Å². The van der Waals surface area contributed by atoms with Crippen LogP contribution in [0.4, 0.5) is 0 Å². The number of aromatic nitrogens is 5. The van der Waals surface area contributed by atoms with E-state index in [1.807, 2.05) is 0 Å². The second-order valence-corrected chi connectivity index (χ2v) is 7.28. The number of rotatable bonds is 6. The van der Waals surface area contributed by atoms with E-state index in [9.17, 15) is 14.4 Å². The van der Waals surface area contributed by atoms with Crippen LogP contribution in [0, 0.1) is 6.92 Å². The van der Waals surface area contributed by atoms with Crippen molar-refractivity contribution in [2.24, 2.45) is 0 Å². The third kappa shape index (κ3) is 4.01. The van der Waals surface area contributed by atoms with Crippen LogP contribution in [0.1, 0.15) is 26.9 Å². The molecule has 3 aromatic heterocycles. The number of carbonyl (C=O) groups is 2. The van der Waals surface area contributed by atoms with Gasteiger partial charge in [0.15, 0.2) is 0 Å². The number of ether oxygens (including phenoxy) is 2. The minimum Gasteiger partial charge on any atom is -0.469 e. The number of hydrogen-bond donors (Lipinski definition) is 2. The quantitative estimate of drug-likeness (QED) is 0.454. The Morgan fingerprint density at radius 3 is 2.63 bits per heavy atom. The van der Waals surface area contributed by atoms with Gasteiger partial charge in [0.05, 0.1) is 31.8 Å². The molecule has 27 heavy (non-hydrogen) atoms. The lowest BCUT2D eigenvalue weighted by molar-refractivity contribution is -0.139. The zero-order valence-corrected chi connectivity index (χ0v) is 16.2. The van der Waals surface area contributed by atoms with Crippen LogP contribution in [-0.2, 0) is 26.4 Å². The van der Waals surface area contributed by atoms with E-state index in [1.54, 1.807) is 6.92 Å². The molecule has 0 saturated heterocycles. The van der Waals surface area contributed by atoms with Crippen molar-refractivity contribution >= 4 is 45.3 Å². The summed E-state index contributed by atoms with van der Waals surface area (Å²) >= 11 is 2.30. The molecular weight excluding hydrogens is 394 g/mol. The Morgan fingerprint density at radius 1 is 1.22 bits per heavy atom. The standard InChI is InChI=1S/C15H15N5O5S2/c1-6-16-15(20-19-6)26-5-8-17-12(22)10-7(4-9(21)24-2)11(14(23)25-3)27-13(10)18-8/h4-5H2,1-3H3,(H,16,19,20)(H,17,18,22).